The molecule has 100 valence electrons. The number of allylic oxidation sites excluding steroid dienone is 2. The van der Waals surface area contributed by atoms with Crippen LogP contribution in [0, 0.1) is 16.7 Å². The van der Waals surface area contributed by atoms with E-state index in [1.807, 2.05) is 13.8 Å². The third-order valence-electron chi connectivity index (χ3n) is 5.28. The Labute approximate surface area is 110 Å². The highest BCUT2D eigenvalue weighted by Crippen LogP contribution is 2.51. The van der Waals surface area contributed by atoms with Crippen LogP contribution < -0.4 is 0 Å². The second kappa shape index (κ2) is 4.04. The molecule has 2 heteroatoms. The van der Waals surface area contributed by atoms with Gasteiger partial charge in [-0.2, -0.15) is 0 Å². The fraction of sp³-hybridized carbons (Fsp3) is 0.750. The maximum atomic E-state index is 12.9. The van der Waals surface area contributed by atoms with E-state index in [4.69, 9.17) is 0 Å². The van der Waals surface area contributed by atoms with Gasteiger partial charge in [-0.15, -0.1) is 0 Å². The zero-order chi connectivity index (χ0) is 13.7. The minimum Gasteiger partial charge on any atom is -0.299 e. The summed E-state index contributed by atoms with van der Waals surface area (Å²) in [6.07, 6.45) is 4.19. The van der Waals surface area contributed by atoms with Crippen molar-refractivity contribution < 1.29 is 9.59 Å². The Hall–Kier alpha value is -0.920. The summed E-state index contributed by atoms with van der Waals surface area (Å²) in [6.45, 7) is 9.75. The first kappa shape index (κ1) is 13.5. The third-order valence-corrected chi connectivity index (χ3v) is 5.28. The number of hydrogen-bond acceptors (Lipinski definition) is 2. The maximum Gasteiger partial charge on any atom is 0.172 e. The van der Waals surface area contributed by atoms with Crippen LogP contribution >= 0.6 is 0 Å². The predicted octanol–water partition coefficient (Wildman–Crippen LogP) is 3.70. The molecule has 0 fully saturated rings. The van der Waals surface area contributed by atoms with Crippen LogP contribution in [-0.2, 0) is 9.59 Å². The molecular formula is C16H24O2. The van der Waals surface area contributed by atoms with E-state index < -0.39 is 5.41 Å². The molecule has 0 bridgehead atoms. The van der Waals surface area contributed by atoms with Gasteiger partial charge in [0.25, 0.3) is 0 Å². The van der Waals surface area contributed by atoms with Crippen LogP contribution in [0.1, 0.15) is 60.3 Å². The van der Waals surface area contributed by atoms with E-state index in [-0.39, 0.29) is 22.9 Å². The zero-order valence-corrected chi connectivity index (χ0v) is 12.2. The second-order valence-corrected chi connectivity index (χ2v) is 6.91. The summed E-state index contributed by atoms with van der Waals surface area (Å²) >= 11 is 0. The summed E-state index contributed by atoms with van der Waals surface area (Å²) in [5.41, 5.74) is 1.45. The first-order chi connectivity index (χ1) is 8.21. The summed E-state index contributed by atoms with van der Waals surface area (Å²) in [5, 5.41) is 0. The first-order valence-electron chi connectivity index (χ1n) is 6.99. The highest BCUT2D eigenvalue weighted by Gasteiger charge is 2.51. The molecule has 0 aromatic heterocycles. The van der Waals surface area contributed by atoms with Crippen molar-refractivity contribution in [2.75, 3.05) is 0 Å². The maximum absolute atomic E-state index is 12.9. The molecule has 2 atom stereocenters. The SMILES string of the molecule is CC(=O)C1(C)C(=O)C2=C(CCCC2(C)C)CC1C. The number of ketones is 2. The molecule has 0 heterocycles. The van der Waals surface area contributed by atoms with Gasteiger partial charge < -0.3 is 0 Å². The average molecular weight is 248 g/mol. The molecule has 2 rings (SSSR count). The molecule has 18 heavy (non-hydrogen) atoms. The van der Waals surface area contributed by atoms with Gasteiger partial charge in [0.05, 0.1) is 5.41 Å². The minimum absolute atomic E-state index is 0.0212. The fourth-order valence-corrected chi connectivity index (χ4v) is 3.71. The van der Waals surface area contributed by atoms with Crippen LogP contribution in [-0.4, -0.2) is 11.6 Å². The Kier molecular flexibility index (Phi) is 3.03. The van der Waals surface area contributed by atoms with Crippen molar-refractivity contribution in [1.82, 2.24) is 0 Å². The van der Waals surface area contributed by atoms with Crippen molar-refractivity contribution in [3.8, 4) is 0 Å². The predicted molar refractivity (Wildman–Crippen MR) is 72.2 cm³/mol. The molecule has 2 aliphatic rings. The zero-order valence-electron chi connectivity index (χ0n) is 12.2. The summed E-state index contributed by atoms with van der Waals surface area (Å²) < 4.78 is 0. The van der Waals surface area contributed by atoms with Gasteiger partial charge in [0.15, 0.2) is 5.78 Å². The van der Waals surface area contributed by atoms with Gasteiger partial charge in [0, 0.05) is 5.57 Å². The monoisotopic (exact) mass is 248 g/mol. The Morgan fingerprint density at radius 3 is 2.44 bits per heavy atom. The van der Waals surface area contributed by atoms with Gasteiger partial charge in [-0.1, -0.05) is 26.3 Å². The molecule has 0 radical (unpaired) electrons. The van der Waals surface area contributed by atoms with Gasteiger partial charge in [0.1, 0.15) is 5.78 Å². The molecule has 0 aromatic rings. The van der Waals surface area contributed by atoms with Gasteiger partial charge in [-0.3, -0.25) is 9.59 Å². The summed E-state index contributed by atoms with van der Waals surface area (Å²) in [5.74, 6) is 0.261. The van der Waals surface area contributed by atoms with Crippen LogP contribution in [0.2, 0.25) is 0 Å². The highest BCUT2D eigenvalue weighted by atomic mass is 16.2. The number of rotatable bonds is 1. The molecule has 2 aliphatic carbocycles. The van der Waals surface area contributed by atoms with Crippen LogP contribution in [0.5, 0.6) is 0 Å². The lowest BCUT2D eigenvalue weighted by Crippen LogP contribution is -2.48. The van der Waals surface area contributed by atoms with E-state index in [9.17, 15) is 9.59 Å². The quantitative estimate of drug-likeness (QED) is 0.663. The molecule has 2 nitrogen and oxygen atoms in total. The molecule has 0 amide bonds. The van der Waals surface area contributed by atoms with Crippen LogP contribution in [0.4, 0.5) is 0 Å². The average Bonchev–Trinajstić information content (AvgIpc) is 2.24. The Morgan fingerprint density at radius 2 is 1.89 bits per heavy atom. The van der Waals surface area contributed by atoms with Gasteiger partial charge in [-0.05, 0) is 50.9 Å². The molecule has 0 saturated heterocycles. The van der Waals surface area contributed by atoms with E-state index in [2.05, 4.69) is 13.8 Å². The molecule has 2 unspecified atom stereocenters. The second-order valence-electron chi connectivity index (χ2n) is 6.91. The molecule has 0 N–H and O–H groups in total. The van der Waals surface area contributed by atoms with Crippen molar-refractivity contribution >= 4 is 11.6 Å². The van der Waals surface area contributed by atoms with E-state index in [1.54, 1.807) is 6.92 Å². The Morgan fingerprint density at radius 1 is 1.28 bits per heavy atom. The normalized spacial score (nSPS) is 35.4. The summed E-state index contributed by atoms with van der Waals surface area (Å²) in [7, 11) is 0. The fourth-order valence-electron chi connectivity index (χ4n) is 3.71. The van der Waals surface area contributed by atoms with Crippen molar-refractivity contribution in [3.05, 3.63) is 11.1 Å². The standard InChI is InChI=1S/C16H24O2/c1-10-9-12-7-6-8-15(3,4)13(12)14(18)16(10,5)11(2)17/h10H,6-9H2,1-5H3. The molecule has 0 aromatic carbocycles. The van der Waals surface area contributed by atoms with Crippen LogP contribution in [0.15, 0.2) is 11.1 Å². The van der Waals surface area contributed by atoms with Crippen molar-refractivity contribution in [3.63, 3.8) is 0 Å². The lowest BCUT2D eigenvalue weighted by molar-refractivity contribution is -0.141. The number of carbonyl (C=O) groups is 2. The number of hydrogen-bond donors (Lipinski definition) is 0. The van der Waals surface area contributed by atoms with Gasteiger partial charge in [-0.25, -0.2) is 0 Å². The van der Waals surface area contributed by atoms with Gasteiger partial charge in [0.2, 0.25) is 0 Å². The Balaban J connectivity index is 2.56. The molecular weight excluding hydrogens is 224 g/mol. The van der Waals surface area contributed by atoms with Gasteiger partial charge >= 0.3 is 0 Å². The number of carbonyl (C=O) groups excluding carboxylic acids is 2. The molecule has 0 spiro atoms. The summed E-state index contributed by atoms with van der Waals surface area (Å²) in [4.78, 5) is 24.9. The van der Waals surface area contributed by atoms with Crippen LogP contribution in [0.3, 0.4) is 0 Å². The number of Topliss-reactive ketones (excluding diaryl/α,β-unsaturated/α-hetero) is 2. The van der Waals surface area contributed by atoms with Crippen LogP contribution in [0.25, 0.3) is 0 Å². The summed E-state index contributed by atoms with van der Waals surface area (Å²) in [6, 6.07) is 0. The largest absolute Gasteiger partial charge is 0.299 e. The van der Waals surface area contributed by atoms with Crippen molar-refractivity contribution in [2.24, 2.45) is 16.7 Å². The van der Waals surface area contributed by atoms with E-state index in [1.165, 1.54) is 12.0 Å². The third kappa shape index (κ3) is 1.69. The van der Waals surface area contributed by atoms with E-state index in [0.29, 0.717) is 0 Å². The first-order valence-corrected chi connectivity index (χ1v) is 6.99. The van der Waals surface area contributed by atoms with Crippen molar-refractivity contribution in [1.29, 1.82) is 0 Å². The lowest BCUT2D eigenvalue weighted by atomic mass is 9.56. The smallest absolute Gasteiger partial charge is 0.172 e. The van der Waals surface area contributed by atoms with E-state index >= 15 is 0 Å². The molecule has 0 saturated carbocycles. The topological polar surface area (TPSA) is 34.1 Å². The molecule has 0 aliphatic heterocycles. The minimum atomic E-state index is -0.798. The van der Waals surface area contributed by atoms with Crippen molar-refractivity contribution in [2.45, 2.75) is 60.3 Å². The Bertz CT molecular complexity index is 442. The highest BCUT2D eigenvalue weighted by molar-refractivity contribution is 6.15. The van der Waals surface area contributed by atoms with E-state index in [0.717, 1.165) is 24.8 Å². The lowest BCUT2D eigenvalue weighted by Gasteiger charge is -2.45.